The number of nitrogens with one attached hydrogen (secondary N) is 1. The topological polar surface area (TPSA) is 63.6 Å². The third-order valence-electron chi connectivity index (χ3n) is 1.72. The Bertz CT molecular complexity index is 456. The first-order valence-electron chi connectivity index (χ1n) is 3.72. The average molecular weight is 164 g/mol. The molecule has 2 rings (SSSR count). The molecule has 5 nitrogen and oxygen atoms in total. The van der Waals surface area contributed by atoms with Crippen molar-refractivity contribution in [2.45, 2.75) is 13.5 Å². The second-order valence-electron chi connectivity index (χ2n) is 2.40. The van der Waals surface area contributed by atoms with Crippen LogP contribution in [0.15, 0.2) is 17.2 Å². The van der Waals surface area contributed by atoms with Crippen molar-refractivity contribution < 1.29 is 0 Å². The third-order valence-corrected chi connectivity index (χ3v) is 1.72. The van der Waals surface area contributed by atoms with E-state index < -0.39 is 0 Å². The molecule has 0 aliphatic heterocycles. The van der Waals surface area contributed by atoms with E-state index in [1.165, 1.54) is 0 Å². The van der Waals surface area contributed by atoms with Crippen LogP contribution < -0.4 is 5.69 Å². The van der Waals surface area contributed by atoms with Crippen molar-refractivity contribution in [1.82, 2.24) is 19.5 Å². The number of aromatic nitrogens is 4. The molecule has 0 amide bonds. The maximum absolute atomic E-state index is 11.2. The van der Waals surface area contributed by atoms with E-state index in [1.54, 1.807) is 17.0 Å². The Morgan fingerprint density at radius 2 is 2.25 bits per heavy atom. The van der Waals surface area contributed by atoms with Crippen LogP contribution in [0.25, 0.3) is 11.3 Å². The molecule has 2 heterocycles. The number of hydrogen-bond acceptors (Lipinski definition) is 3. The van der Waals surface area contributed by atoms with Crippen molar-refractivity contribution in [3.8, 4) is 0 Å². The maximum atomic E-state index is 11.2. The summed E-state index contributed by atoms with van der Waals surface area (Å²) in [6.07, 6.45) is 3.13. The number of aryl methyl sites for hydroxylation is 1. The lowest BCUT2D eigenvalue weighted by Gasteiger charge is -1.93. The highest BCUT2D eigenvalue weighted by Crippen LogP contribution is 2.00. The van der Waals surface area contributed by atoms with Gasteiger partial charge in [0.05, 0.1) is 0 Å². The van der Waals surface area contributed by atoms with Gasteiger partial charge in [0.15, 0.2) is 11.3 Å². The minimum Gasteiger partial charge on any atom is -0.289 e. The molecule has 2 aromatic rings. The van der Waals surface area contributed by atoms with Crippen LogP contribution in [0.4, 0.5) is 0 Å². The third kappa shape index (κ3) is 0.827. The summed E-state index contributed by atoms with van der Waals surface area (Å²) in [6.45, 7) is 2.50. The standard InChI is InChI=1S/C7H8N4O/c1-2-11-6-5(10-7(11)12)8-3-4-9-6/h3-4H,2H2,1H3,(H,8,10,12). The van der Waals surface area contributed by atoms with E-state index in [1.807, 2.05) is 6.92 Å². The summed E-state index contributed by atoms with van der Waals surface area (Å²) in [7, 11) is 0. The molecule has 0 saturated carbocycles. The summed E-state index contributed by atoms with van der Waals surface area (Å²) in [5.41, 5.74) is 1.01. The van der Waals surface area contributed by atoms with E-state index in [-0.39, 0.29) is 5.69 Å². The highest BCUT2D eigenvalue weighted by molar-refractivity contribution is 5.64. The molecule has 0 radical (unpaired) electrons. The summed E-state index contributed by atoms with van der Waals surface area (Å²) in [6, 6.07) is 0. The predicted octanol–water partition coefficient (Wildman–Crippen LogP) is 0.139. The van der Waals surface area contributed by atoms with Gasteiger partial charge in [-0.3, -0.25) is 9.55 Å². The highest BCUT2D eigenvalue weighted by atomic mass is 16.1. The van der Waals surface area contributed by atoms with Crippen molar-refractivity contribution in [3.63, 3.8) is 0 Å². The minimum atomic E-state index is -0.154. The lowest BCUT2D eigenvalue weighted by molar-refractivity contribution is 0.745. The van der Waals surface area contributed by atoms with Crippen LogP contribution in [0.5, 0.6) is 0 Å². The average Bonchev–Trinajstić information content (AvgIpc) is 2.40. The van der Waals surface area contributed by atoms with Crippen molar-refractivity contribution in [2.75, 3.05) is 0 Å². The molecule has 2 aromatic heterocycles. The Morgan fingerprint density at radius 1 is 1.50 bits per heavy atom. The molecule has 0 atom stereocenters. The van der Waals surface area contributed by atoms with Gasteiger partial charge in [-0.2, -0.15) is 0 Å². The zero-order chi connectivity index (χ0) is 8.55. The molecule has 12 heavy (non-hydrogen) atoms. The predicted molar refractivity (Wildman–Crippen MR) is 43.8 cm³/mol. The van der Waals surface area contributed by atoms with E-state index in [9.17, 15) is 4.79 Å². The van der Waals surface area contributed by atoms with Crippen LogP contribution in [-0.4, -0.2) is 19.5 Å². The number of rotatable bonds is 1. The number of hydrogen-bond donors (Lipinski definition) is 1. The molecule has 5 heteroatoms. The summed E-state index contributed by atoms with van der Waals surface area (Å²) in [5.74, 6) is 0. The van der Waals surface area contributed by atoms with Gasteiger partial charge < -0.3 is 0 Å². The SMILES string of the molecule is CCn1c(=O)[nH]c2nccnc21. The highest BCUT2D eigenvalue weighted by Gasteiger charge is 2.04. The van der Waals surface area contributed by atoms with Gasteiger partial charge in [0.1, 0.15) is 0 Å². The molecule has 0 aliphatic carbocycles. The van der Waals surface area contributed by atoms with Crippen LogP contribution >= 0.6 is 0 Å². The van der Waals surface area contributed by atoms with Crippen LogP contribution in [0.2, 0.25) is 0 Å². The first kappa shape index (κ1) is 7.02. The van der Waals surface area contributed by atoms with E-state index >= 15 is 0 Å². The van der Waals surface area contributed by atoms with Crippen molar-refractivity contribution >= 4 is 11.3 Å². The molecule has 0 bridgehead atoms. The number of H-pyrrole nitrogens is 1. The second kappa shape index (κ2) is 2.44. The van der Waals surface area contributed by atoms with Gasteiger partial charge >= 0.3 is 5.69 Å². The van der Waals surface area contributed by atoms with Gasteiger partial charge in [0, 0.05) is 18.9 Å². The Balaban J connectivity index is 2.91. The number of imidazole rings is 1. The van der Waals surface area contributed by atoms with Gasteiger partial charge in [-0.05, 0) is 6.92 Å². The Morgan fingerprint density at radius 3 is 3.00 bits per heavy atom. The quantitative estimate of drug-likeness (QED) is 0.652. The largest absolute Gasteiger partial charge is 0.328 e. The minimum absolute atomic E-state index is 0.154. The monoisotopic (exact) mass is 164 g/mol. The van der Waals surface area contributed by atoms with E-state index in [4.69, 9.17) is 0 Å². The van der Waals surface area contributed by atoms with Crippen LogP contribution in [0, 0.1) is 0 Å². The summed E-state index contributed by atoms with van der Waals surface area (Å²) >= 11 is 0. The van der Waals surface area contributed by atoms with Crippen LogP contribution in [0.1, 0.15) is 6.92 Å². The second-order valence-corrected chi connectivity index (χ2v) is 2.40. The molecule has 0 spiro atoms. The number of nitrogens with zero attached hydrogens (tertiary/aromatic N) is 3. The normalized spacial score (nSPS) is 10.8. The van der Waals surface area contributed by atoms with E-state index in [2.05, 4.69) is 15.0 Å². The lowest BCUT2D eigenvalue weighted by atomic mass is 10.6. The van der Waals surface area contributed by atoms with Gasteiger partial charge in [0.2, 0.25) is 0 Å². The van der Waals surface area contributed by atoms with Gasteiger partial charge in [-0.25, -0.2) is 14.8 Å². The van der Waals surface area contributed by atoms with Gasteiger partial charge in [-0.15, -0.1) is 0 Å². The zero-order valence-corrected chi connectivity index (χ0v) is 6.61. The Labute approximate surface area is 68.1 Å². The van der Waals surface area contributed by atoms with Gasteiger partial charge in [-0.1, -0.05) is 0 Å². The zero-order valence-electron chi connectivity index (χ0n) is 6.61. The molecule has 0 unspecified atom stereocenters. The fourth-order valence-corrected chi connectivity index (χ4v) is 1.17. The lowest BCUT2D eigenvalue weighted by Crippen LogP contribution is -2.15. The number of aromatic amines is 1. The van der Waals surface area contributed by atoms with E-state index in [0.29, 0.717) is 17.8 Å². The first-order chi connectivity index (χ1) is 5.83. The van der Waals surface area contributed by atoms with Crippen LogP contribution in [-0.2, 0) is 6.54 Å². The Kier molecular flexibility index (Phi) is 1.43. The smallest absolute Gasteiger partial charge is 0.289 e. The summed E-state index contributed by atoms with van der Waals surface area (Å²) < 4.78 is 1.54. The van der Waals surface area contributed by atoms with Crippen LogP contribution in [0.3, 0.4) is 0 Å². The fraction of sp³-hybridized carbons (Fsp3) is 0.286. The van der Waals surface area contributed by atoms with E-state index in [0.717, 1.165) is 0 Å². The summed E-state index contributed by atoms with van der Waals surface area (Å²) in [5, 5.41) is 0. The first-order valence-corrected chi connectivity index (χ1v) is 3.72. The Hall–Kier alpha value is -1.65. The molecule has 62 valence electrons. The molecule has 0 aromatic carbocycles. The molecular formula is C7H8N4O. The van der Waals surface area contributed by atoms with Crippen molar-refractivity contribution in [1.29, 1.82) is 0 Å². The molecule has 0 aliphatic rings. The van der Waals surface area contributed by atoms with Gasteiger partial charge in [0.25, 0.3) is 0 Å². The fourth-order valence-electron chi connectivity index (χ4n) is 1.17. The summed E-state index contributed by atoms with van der Waals surface area (Å²) in [4.78, 5) is 21.8. The van der Waals surface area contributed by atoms with Crippen molar-refractivity contribution in [2.24, 2.45) is 0 Å². The maximum Gasteiger partial charge on any atom is 0.328 e. The molecule has 0 fully saturated rings. The molecule has 1 N–H and O–H groups in total. The number of fused-ring (bicyclic) bond motifs is 1. The molecular weight excluding hydrogens is 156 g/mol. The molecule has 0 saturated heterocycles. The van der Waals surface area contributed by atoms with Crippen molar-refractivity contribution in [3.05, 3.63) is 22.9 Å².